The van der Waals surface area contributed by atoms with E-state index in [0.717, 1.165) is 37.8 Å². The molecule has 0 aromatic heterocycles. The Kier molecular flexibility index (Phi) is 8.49. The summed E-state index contributed by atoms with van der Waals surface area (Å²) in [6.07, 6.45) is 5.29. The van der Waals surface area contributed by atoms with Gasteiger partial charge in [-0.15, -0.1) is 0 Å². The van der Waals surface area contributed by atoms with Crippen LogP contribution in [0.4, 0.5) is 11.4 Å². The maximum Gasteiger partial charge on any atom is 0.338 e. The molecular formula is C21H26N2O3. The van der Waals surface area contributed by atoms with Gasteiger partial charge in [0.15, 0.2) is 0 Å². The van der Waals surface area contributed by atoms with Crippen molar-refractivity contribution in [1.29, 1.82) is 0 Å². The molecule has 2 rings (SSSR count). The second-order valence-electron chi connectivity index (χ2n) is 6.02. The van der Waals surface area contributed by atoms with Crippen LogP contribution in [0.5, 0.6) is 0 Å². The van der Waals surface area contributed by atoms with Gasteiger partial charge in [0.05, 0.1) is 23.5 Å². The molecule has 0 aliphatic heterocycles. The van der Waals surface area contributed by atoms with Crippen molar-refractivity contribution in [3.63, 3.8) is 0 Å². The summed E-state index contributed by atoms with van der Waals surface area (Å²) in [4.78, 5) is 11.6. The minimum absolute atomic E-state index is 0.283. The molecule has 0 amide bonds. The van der Waals surface area contributed by atoms with Gasteiger partial charge >= 0.3 is 5.97 Å². The first-order valence-electron chi connectivity index (χ1n) is 9.11. The van der Waals surface area contributed by atoms with Crippen molar-refractivity contribution < 1.29 is 14.6 Å². The van der Waals surface area contributed by atoms with Crippen LogP contribution in [0.15, 0.2) is 58.8 Å². The number of aliphatic hydroxyl groups is 1. The highest BCUT2D eigenvalue weighted by molar-refractivity contribution is 5.89. The topological polar surface area (TPSA) is 71.2 Å². The van der Waals surface area contributed by atoms with Gasteiger partial charge in [-0.2, -0.15) is 10.2 Å². The highest BCUT2D eigenvalue weighted by atomic mass is 16.5. The fourth-order valence-electron chi connectivity index (χ4n) is 2.52. The Hall–Kier alpha value is -2.53. The zero-order valence-electron chi connectivity index (χ0n) is 15.2. The third-order valence-electron chi connectivity index (χ3n) is 3.97. The molecule has 138 valence electrons. The largest absolute Gasteiger partial charge is 0.462 e. The van der Waals surface area contributed by atoms with Crippen LogP contribution in [-0.2, 0) is 11.2 Å². The number of carbonyl (C=O) groups is 1. The van der Waals surface area contributed by atoms with E-state index in [9.17, 15) is 4.79 Å². The number of rotatable bonds is 10. The average Bonchev–Trinajstić information content (AvgIpc) is 2.68. The zero-order valence-corrected chi connectivity index (χ0v) is 15.2. The second-order valence-corrected chi connectivity index (χ2v) is 6.02. The van der Waals surface area contributed by atoms with Crippen molar-refractivity contribution in [2.75, 3.05) is 13.2 Å². The van der Waals surface area contributed by atoms with Crippen molar-refractivity contribution in [3.8, 4) is 0 Å². The van der Waals surface area contributed by atoms with Gasteiger partial charge in [0.25, 0.3) is 0 Å². The molecule has 26 heavy (non-hydrogen) atoms. The number of benzene rings is 2. The molecule has 0 fully saturated rings. The van der Waals surface area contributed by atoms with Crippen LogP contribution in [0.2, 0.25) is 0 Å². The number of nitrogens with zero attached hydrogens (tertiary/aromatic N) is 2. The molecule has 0 spiro atoms. The number of esters is 1. The average molecular weight is 354 g/mol. The van der Waals surface area contributed by atoms with Gasteiger partial charge in [0, 0.05) is 6.61 Å². The fraction of sp³-hybridized carbons (Fsp3) is 0.381. The number of azo groups is 1. The third kappa shape index (κ3) is 6.76. The zero-order chi connectivity index (χ0) is 18.6. The normalized spacial score (nSPS) is 11.0. The van der Waals surface area contributed by atoms with Crippen LogP contribution < -0.4 is 0 Å². The van der Waals surface area contributed by atoms with E-state index in [0.29, 0.717) is 17.9 Å². The first-order chi connectivity index (χ1) is 12.7. The molecule has 2 aromatic rings. The van der Waals surface area contributed by atoms with E-state index in [1.165, 1.54) is 5.56 Å². The Labute approximate surface area is 154 Å². The van der Waals surface area contributed by atoms with E-state index >= 15 is 0 Å². The van der Waals surface area contributed by atoms with E-state index in [4.69, 9.17) is 9.84 Å². The molecule has 5 heteroatoms. The Morgan fingerprint density at radius 3 is 2.04 bits per heavy atom. The predicted octanol–water partition coefficient (Wildman–Crippen LogP) is 5.37. The van der Waals surface area contributed by atoms with E-state index in [1.54, 1.807) is 31.2 Å². The number of ether oxygens (including phenoxy) is 1. The Morgan fingerprint density at radius 2 is 1.46 bits per heavy atom. The Morgan fingerprint density at radius 1 is 0.885 bits per heavy atom. The lowest BCUT2D eigenvalue weighted by Gasteiger charge is -2.02. The van der Waals surface area contributed by atoms with Crippen LogP contribution in [0.25, 0.3) is 0 Å². The first kappa shape index (κ1) is 19.8. The molecule has 0 atom stereocenters. The summed E-state index contributed by atoms with van der Waals surface area (Å²) in [5.74, 6) is -0.331. The molecule has 0 saturated carbocycles. The van der Waals surface area contributed by atoms with Crippen LogP contribution in [-0.4, -0.2) is 24.3 Å². The van der Waals surface area contributed by atoms with Gasteiger partial charge in [-0.05, 0) is 68.1 Å². The standard InChI is InChI=1S/C21H26N2O3/c1-2-26-21(25)18-10-14-20(15-11-18)23-22-19-12-8-17(9-13-19)7-5-3-4-6-16-24/h8-15,24H,2-7,16H2,1H3/b23-22+. The van der Waals surface area contributed by atoms with Crippen molar-refractivity contribution >= 4 is 17.3 Å². The SMILES string of the molecule is CCOC(=O)c1ccc(/N=N/c2ccc(CCCCCCO)cc2)cc1. The van der Waals surface area contributed by atoms with Crippen molar-refractivity contribution in [3.05, 3.63) is 59.7 Å². The highest BCUT2D eigenvalue weighted by Gasteiger charge is 2.05. The van der Waals surface area contributed by atoms with Gasteiger partial charge in [0.2, 0.25) is 0 Å². The quantitative estimate of drug-likeness (QED) is 0.354. The summed E-state index contributed by atoms with van der Waals surface area (Å²) in [6.45, 7) is 2.42. The summed E-state index contributed by atoms with van der Waals surface area (Å²) >= 11 is 0. The highest BCUT2D eigenvalue weighted by Crippen LogP contribution is 2.20. The maximum absolute atomic E-state index is 11.6. The molecule has 0 heterocycles. The molecule has 5 nitrogen and oxygen atoms in total. The second kappa shape index (κ2) is 11.2. The van der Waals surface area contributed by atoms with E-state index in [1.807, 2.05) is 12.1 Å². The smallest absolute Gasteiger partial charge is 0.338 e. The van der Waals surface area contributed by atoms with Gasteiger partial charge in [0.1, 0.15) is 0 Å². The van der Waals surface area contributed by atoms with Crippen molar-refractivity contribution in [2.45, 2.75) is 39.0 Å². The summed E-state index contributed by atoms with van der Waals surface area (Å²) in [7, 11) is 0. The predicted molar refractivity (Wildman–Crippen MR) is 102 cm³/mol. The first-order valence-corrected chi connectivity index (χ1v) is 9.11. The molecule has 2 aromatic carbocycles. The lowest BCUT2D eigenvalue weighted by Crippen LogP contribution is -2.03. The molecule has 0 unspecified atom stereocenters. The monoisotopic (exact) mass is 354 g/mol. The molecule has 0 bridgehead atoms. The number of hydrogen-bond acceptors (Lipinski definition) is 5. The third-order valence-corrected chi connectivity index (χ3v) is 3.97. The van der Waals surface area contributed by atoms with Gasteiger partial charge in [-0.1, -0.05) is 25.0 Å². The minimum atomic E-state index is -0.331. The van der Waals surface area contributed by atoms with Crippen LogP contribution in [0.1, 0.15) is 48.5 Å². The molecule has 0 radical (unpaired) electrons. The Bertz CT molecular complexity index is 694. The number of hydrogen-bond donors (Lipinski definition) is 1. The Balaban J connectivity index is 1.85. The number of aryl methyl sites for hydroxylation is 1. The van der Waals surface area contributed by atoms with Crippen molar-refractivity contribution in [1.82, 2.24) is 0 Å². The van der Waals surface area contributed by atoms with Gasteiger partial charge in [-0.25, -0.2) is 4.79 Å². The number of unbranched alkanes of at least 4 members (excludes halogenated alkanes) is 3. The maximum atomic E-state index is 11.6. The van der Waals surface area contributed by atoms with Crippen LogP contribution in [0.3, 0.4) is 0 Å². The fourth-order valence-corrected chi connectivity index (χ4v) is 2.52. The summed E-state index contributed by atoms with van der Waals surface area (Å²) in [6, 6.07) is 14.9. The summed E-state index contributed by atoms with van der Waals surface area (Å²) in [5, 5.41) is 17.2. The lowest BCUT2D eigenvalue weighted by molar-refractivity contribution is 0.0526. The molecule has 0 saturated heterocycles. The molecular weight excluding hydrogens is 328 g/mol. The van der Waals surface area contributed by atoms with E-state index in [2.05, 4.69) is 22.4 Å². The molecule has 1 N–H and O–H groups in total. The van der Waals surface area contributed by atoms with Crippen molar-refractivity contribution in [2.24, 2.45) is 10.2 Å². The molecule has 0 aliphatic rings. The minimum Gasteiger partial charge on any atom is -0.462 e. The van der Waals surface area contributed by atoms with Gasteiger partial charge < -0.3 is 9.84 Å². The number of aliphatic hydroxyl groups excluding tert-OH is 1. The van der Waals surface area contributed by atoms with E-state index in [-0.39, 0.29) is 12.6 Å². The number of carbonyl (C=O) groups excluding carboxylic acids is 1. The van der Waals surface area contributed by atoms with E-state index < -0.39 is 0 Å². The molecule has 0 aliphatic carbocycles. The van der Waals surface area contributed by atoms with Crippen LogP contribution >= 0.6 is 0 Å². The van der Waals surface area contributed by atoms with Gasteiger partial charge in [-0.3, -0.25) is 0 Å². The summed E-state index contributed by atoms with van der Waals surface area (Å²) < 4.78 is 4.95. The lowest BCUT2D eigenvalue weighted by atomic mass is 10.1. The summed E-state index contributed by atoms with van der Waals surface area (Å²) in [5.41, 5.74) is 3.27. The van der Waals surface area contributed by atoms with Crippen LogP contribution in [0, 0.1) is 0 Å².